The average molecular weight is 322 g/mol. The van der Waals surface area contributed by atoms with Gasteiger partial charge in [-0.3, -0.25) is 4.79 Å². The fraction of sp³-hybridized carbons (Fsp3) is 0.562. The molecular formula is C16H22N2O3S. The molecule has 0 aromatic heterocycles. The van der Waals surface area contributed by atoms with Crippen molar-refractivity contribution in [1.82, 2.24) is 4.31 Å². The molecule has 1 fully saturated rings. The predicted molar refractivity (Wildman–Crippen MR) is 86.4 cm³/mol. The Kier molecular flexibility index (Phi) is 3.77. The topological polar surface area (TPSA) is 57.7 Å². The van der Waals surface area contributed by atoms with E-state index in [4.69, 9.17) is 0 Å². The van der Waals surface area contributed by atoms with Crippen LogP contribution in [-0.4, -0.2) is 44.0 Å². The van der Waals surface area contributed by atoms with Crippen molar-refractivity contribution >= 4 is 21.6 Å². The van der Waals surface area contributed by atoms with Crippen LogP contribution in [0.2, 0.25) is 0 Å². The number of carbonyl (C=O) groups excluding carboxylic acids is 1. The molecular weight excluding hydrogens is 300 g/mol. The first-order chi connectivity index (χ1) is 10.5. The van der Waals surface area contributed by atoms with Gasteiger partial charge in [0, 0.05) is 25.3 Å². The van der Waals surface area contributed by atoms with Crippen LogP contribution in [-0.2, 0) is 20.2 Å². The molecule has 2 aliphatic heterocycles. The van der Waals surface area contributed by atoms with Crippen LogP contribution in [0.25, 0.3) is 0 Å². The highest BCUT2D eigenvalue weighted by Gasteiger charge is 2.52. The van der Waals surface area contributed by atoms with Crippen LogP contribution in [0.5, 0.6) is 0 Å². The van der Waals surface area contributed by atoms with Gasteiger partial charge in [0.05, 0.1) is 11.2 Å². The van der Waals surface area contributed by atoms with Gasteiger partial charge in [0.25, 0.3) is 0 Å². The number of rotatable bonds is 3. The first-order valence-corrected chi connectivity index (χ1v) is 9.46. The van der Waals surface area contributed by atoms with Crippen LogP contribution < -0.4 is 4.90 Å². The van der Waals surface area contributed by atoms with Gasteiger partial charge in [-0.2, -0.15) is 0 Å². The first kappa shape index (κ1) is 15.5. The van der Waals surface area contributed by atoms with E-state index in [0.29, 0.717) is 32.5 Å². The molecule has 0 aliphatic carbocycles. The van der Waals surface area contributed by atoms with Gasteiger partial charge < -0.3 is 4.90 Å². The van der Waals surface area contributed by atoms with Gasteiger partial charge in [0.1, 0.15) is 0 Å². The molecule has 0 N–H and O–H groups in total. The second-order valence-corrected chi connectivity index (χ2v) is 8.21. The number of carbonyl (C=O) groups is 1. The number of para-hydroxylation sites is 1. The average Bonchev–Trinajstić information content (AvgIpc) is 2.77. The van der Waals surface area contributed by atoms with Crippen molar-refractivity contribution in [2.75, 3.05) is 30.3 Å². The zero-order valence-electron chi connectivity index (χ0n) is 13.1. The van der Waals surface area contributed by atoms with Crippen molar-refractivity contribution in [3.63, 3.8) is 0 Å². The third kappa shape index (κ3) is 2.08. The molecule has 1 aromatic carbocycles. The number of anilines is 1. The van der Waals surface area contributed by atoms with E-state index in [9.17, 15) is 13.2 Å². The lowest BCUT2D eigenvalue weighted by molar-refractivity contribution is -0.124. The monoisotopic (exact) mass is 322 g/mol. The van der Waals surface area contributed by atoms with Gasteiger partial charge >= 0.3 is 0 Å². The van der Waals surface area contributed by atoms with Gasteiger partial charge in [-0.25, -0.2) is 12.7 Å². The standard InChI is InChI=1S/C16H22N2O3S/c1-3-18-14-8-6-5-7-13(14)16(15(18)19)9-11-17(12-10-16)22(20,21)4-2/h5-8H,3-4,9-12H2,1-2H3. The molecule has 0 saturated carbocycles. The van der Waals surface area contributed by atoms with E-state index in [1.54, 1.807) is 6.92 Å². The zero-order valence-corrected chi connectivity index (χ0v) is 13.9. The van der Waals surface area contributed by atoms with Crippen molar-refractivity contribution in [2.45, 2.75) is 32.1 Å². The van der Waals surface area contributed by atoms with Gasteiger partial charge in [0.15, 0.2) is 0 Å². The highest BCUT2D eigenvalue weighted by Crippen LogP contribution is 2.47. The quantitative estimate of drug-likeness (QED) is 0.852. The molecule has 5 nitrogen and oxygen atoms in total. The van der Waals surface area contributed by atoms with Crippen molar-refractivity contribution in [1.29, 1.82) is 0 Å². The molecule has 2 aliphatic rings. The number of fused-ring (bicyclic) bond motifs is 2. The highest BCUT2D eigenvalue weighted by molar-refractivity contribution is 7.89. The molecule has 1 spiro atoms. The summed E-state index contributed by atoms with van der Waals surface area (Å²) in [4.78, 5) is 14.8. The van der Waals surface area contributed by atoms with E-state index in [-0.39, 0.29) is 11.7 Å². The Morgan fingerprint density at radius 3 is 2.36 bits per heavy atom. The largest absolute Gasteiger partial charge is 0.312 e. The number of piperidine rings is 1. The molecule has 0 bridgehead atoms. The molecule has 3 rings (SSSR count). The van der Waals surface area contributed by atoms with Crippen LogP contribution in [0.4, 0.5) is 5.69 Å². The van der Waals surface area contributed by atoms with Crippen LogP contribution >= 0.6 is 0 Å². The number of hydrogen-bond acceptors (Lipinski definition) is 3. The summed E-state index contributed by atoms with van der Waals surface area (Å²) < 4.78 is 25.6. The number of amides is 1. The van der Waals surface area contributed by atoms with Crippen LogP contribution in [0.3, 0.4) is 0 Å². The molecule has 1 amide bonds. The normalized spacial score (nSPS) is 21.4. The van der Waals surface area contributed by atoms with Gasteiger partial charge in [0.2, 0.25) is 15.9 Å². The Balaban J connectivity index is 1.94. The van der Waals surface area contributed by atoms with Crippen molar-refractivity contribution in [3.05, 3.63) is 29.8 Å². The van der Waals surface area contributed by atoms with E-state index in [1.807, 2.05) is 36.1 Å². The van der Waals surface area contributed by atoms with Gasteiger partial charge in [-0.15, -0.1) is 0 Å². The number of sulfonamides is 1. The van der Waals surface area contributed by atoms with E-state index >= 15 is 0 Å². The lowest BCUT2D eigenvalue weighted by Crippen LogP contribution is -2.50. The van der Waals surface area contributed by atoms with E-state index in [1.165, 1.54) is 4.31 Å². The maximum absolute atomic E-state index is 13.0. The Bertz CT molecular complexity index is 691. The Hall–Kier alpha value is -1.40. The molecule has 0 unspecified atom stereocenters. The SMILES string of the molecule is CCN1C(=O)C2(CCN(S(=O)(=O)CC)CC2)c2ccccc21. The first-order valence-electron chi connectivity index (χ1n) is 7.85. The molecule has 120 valence electrons. The maximum Gasteiger partial charge on any atom is 0.237 e. The van der Waals surface area contributed by atoms with Gasteiger partial charge in [-0.1, -0.05) is 18.2 Å². The van der Waals surface area contributed by atoms with E-state index in [2.05, 4.69) is 0 Å². The Labute approximate surface area is 132 Å². The minimum absolute atomic E-state index is 0.117. The second-order valence-electron chi connectivity index (χ2n) is 5.95. The number of benzene rings is 1. The van der Waals surface area contributed by atoms with Crippen LogP contribution in [0.15, 0.2) is 24.3 Å². The number of likely N-dealkylation sites (N-methyl/N-ethyl adjacent to an activating group) is 1. The predicted octanol–water partition coefficient (Wildman–Crippen LogP) is 1.74. The Morgan fingerprint density at radius 1 is 1.14 bits per heavy atom. The van der Waals surface area contributed by atoms with E-state index in [0.717, 1.165) is 11.3 Å². The fourth-order valence-corrected chi connectivity index (χ4v) is 4.83. The summed E-state index contributed by atoms with van der Waals surface area (Å²) in [5.74, 6) is 0.246. The smallest absolute Gasteiger partial charge is 0.237 e. The third-order valence-corrected chi connectivity index (χ3v) is 6.90. The molecule has 2 heterocycles. The highest BCUT2D eigenvalue weighted by atomic mass is 32.2. The maximum atomic E-state index is 13.0. The fourth-order valence-electron chi connectivity index (χ4n) is 3.72. The van der Waals surface area contributed by atoms with Crippen molar-refractivity contribution in [3.8, 4) is 0 Å². The van der Waals surface area contributed by atoms with Gasteiger partial charge in [-0.05, 0) is 38.3 Å². The zero-order chi connectivity index (χ0) is 16.0. The molecule has 1 aromatic rings. The molecule has 0 radical (unpaired) electrons. The van der Waals surface area contributed by atoms with E-state index < -0.39 is 15.4 Å². The molecule has 1 saturated heterocycles. The summed E-state index contributed by atoms with van der Waals surface area (Å²) in [5.41, 5.74) is 1.52. The summed E-state index contributed by atoms with van der Waals surface area (Å²) in [6, 6.07) is 7.92. The Morgan fingerprint density at radius 2 is 1.77 bits per heavy atom. The minimum Gasteiger partial charge on any atom is -0.312 e. The molecule has 0 atom stereocenters. The summed E-state index contributed by atoms with van der Waals surface area (Å²) in [6.45, 7) is 5.13. The summed E-state index contributed by atoms with van der Waals surface area (Å²) in [7, 11) is -3.17. The molecule has 22 heavy (non-hydrogen) atoms. The number of nitrogens with zero attached hydrogens (tertiary/aromatic N) is 2. The summed E-state index contributed by atoms with van der Waals surface area (Å²) >= 11 is 0. The lowest BCUT2D eigenvalue weighted by Gasteiger charge is -2.37. The van der Waals surface area contributed by atoms with Crippen molar-refractivity contribution in [2.24, 2.45) is 0 Å². The minimum atomic E-state index is -3.17. The van der Waals surface area contributed by atoms with Crippen molar-refractivity contribution < 1.29 is 13.2 Å². The second kappa shape index (κ2) is 5.35. The lowest BCUT2D eigenvalue weighted by atomic mass is 9.74. The third-order valence-electron chi connectivity index (χ3n) is 5.02. The summed E-state index contributed by atoms with van der Waals surface area (Å²) in [5, 5.41) is 0. The molecule has 6 heteroatoms. The van der Waals surface area contributed by atoms with Crippen LogP contribution in [0.1, 0.15) is 32.3 Å². The summed E-state index contributed by atoms with van der Waals surface area (Å²) in [6.07, 6.45) is 1.14. The van der Waals surface area contributed by atoms with Crippen LogP contribution in [0, 0.1) is 0 Å². The number of hydrogen-bond donors (Lipinski definition) is 0.